The van der Waals surface area contributed by atoms with Gasteiger partial charge in [0.05, 0.1) is 6.61 Å². The number of ether oxygens (including phenoxy) is 1. The van der Waals surface area contributed by atoms with Gasteiger partial charge >= 0.3 is 0 Å². The van der Waals surface area contributed by atoms with Gasteiger partial charge in [0.1, 0.15) is 5.75 Å². The van der Waals surface area contributed by atoms with Crippen LogP contribution in [0.25, 0.3) is 0 Å². The van der Waals surface area contributed by atoms with Crippen molar-refractivity contribution < 1.29 is 4.74 Å². The van der Waals surface area contributed by atoms with Gasteiger partial charge in [-0.15, -0.1) is 0 Å². The van der Waals surface area contributed by atoms with E-state index in [1.165, 1.54) is 37.7 Å². The number of hydrogen-bond acceptors (Lipinski definition) is 3. The zero-order chi connectivity index (χ0) is 13.5. The van der Waals surface area contributed by atoms with E-state index >= 15 is 0 Å². The Morgan fingerprint density at radius 1 is 1.32 bits per heavy atom. The fraction of sp³-hybridized carbons (Fsp3) is 0.625. The summed E-state index contributed by atoms with van der Waals surface area (Å²) in [6.07, 6.45) is 6.77. The van der Waals surface area contributed by atoms with Gasteiger partial charge in [0.25, 0.3) is 0 Å². The van der Waals surface area contributed by atoms with E-state index in [1.807, 2.05) is 19.2 Å². The normalized spacial score (nSPS) is 18.2. The monoisotopic (exact) mass is 262 g/mol. The highest BCUT2D eigenvalue weighted by molar-refractivity contribution is 5.30. The second-order valence-corrected chi connectivity index (χ2v) is 5.46. The average Bonchev–Trinajstić information content (AvgIpc) is 2.48. The summed E-state index contributed by atoms with van der Waals surface area (Å²) >= 11 is 0. The summed E-state index contributed by atoms with van der Waals surface area (Å²) in [6.45, 7) is 1.46. The van der Waals surface area contributed by atoms with E-state index in [9.17, 15) is 0 Å². The Labute approximate surface area is 116 Å². The maximum absolute atomic E-state index is 5.96. The molecule has 0 heterocycles. The van der Waals surface area contributed by atoms with E-state index in [-0.39, 0.29) is 6.04 Å². The molecule has 0 aliphatic heterocycles. The molecule has 1 aliphatic carbocycles. The SMILES string of the molecule is CNC(CN)c1cccc(OCC2CCCCC2)c1. The lowest BCUT2D eigenvalue weighted by Crippen LogP contribution is -2.24. The standard InChI is InChI=1S/C16H26N2O/c1-18-16(11-17)14-8-5-9-15(10-14)19-12-13-6-3-2-4-7-13/h5,8-10,13,16,18H,2-4,6-7,11-12,17H2,1H3. The smallest absolute Gasteiger partial charge is 0.119 e. The number of hydrogen-bond donors (Lipinski definition) is 2. The van der Waals surface area contributed by atoms with Crippen LogP contribution >= 0.6 is 0 Å². The highest BCUT2D eigenvalue weighted by Crippen LogP contribution is 2.25. The molecule has 0 bridgehead atoms. The van der Waals surface area contributed by atoms with Crippen LogP contribution in [0.3, 0.4) is 0 Å². The minimum Gasteiger partial charge on any atom is -0.493 e. The molecule has 1 aromatic rings. The average molecular weight is 262 g/mol. The summed E-state index contributed by atoms with van der Waals surface area (Å²) in [5.74, 6) is 1.71. The van der Waals surface area contributed by atoms with Crippen LogP contribution in [0.4, 0.5) is 0 Å². The van der Waals surface area contributed by atoms with E-state index in [0.29, 0.717) is 6.54 Å². The number of nitrogens with one attached hydrogen (secondary N) is 1. The van der Waals surface area contributed by atoms with E-state index in [4.69, 9.17) is 10.5 Å². The molecule has 0 amide bonds. The summed E-state index contributed by atoms with van der Waals surface area (Å²) in [7, 11) is 1.94. The van der Waals surface area contributed by atoms with Crippen molar-refractivity contribution in [2.45, 2.75) is 38.1 Å². The van der Waals surface area contributed by atoms with Crippen LogP contribution in [-0.2, 0) is 0 Å². The van der Waals surface area contributed by atoms with Crippen LogP contribution in [-0.4, -0.2) is 20.2 Å². The van der Waals surface area contributed by atoms with Gasteiger partial charge in [0.2, 0.25) is 0 Å². The Morgan fingerprint density at radius 2 is 2.11 bits per heavy atom. The number of nitrogens with two attached hydrogens (primary N) is 1. The van der Waals surface area contributed by atoms with E-state index in [1.54, 1.807) is 0 Å². The summed E-state index contributed by atoms with van der Waals surface area (Å²) in [6, 6.07) is 8.50. The largest absolute Gasteiger partial charge is 0.493 e. The molecule has 1 saturated carbocycles. The zero-order valence-corrected chi connectivity index (χ0v) is 11.9. The van der Waals surface area contributed by atoms with Gasteiger partial charge in [-0.1, -0.05) is 31.4 Å². The Bertz CT molecular complexity index is 371. The van der Waals surface area contributed by atoms with Crippen molar-refractivity contribution in [2.75, 3.05) is 20.2 Å². The first kappa shape index (κ1) is 14.4. The first-order chi connectivity index (χ1) is 9.33. The summed E-state index contributed by atoms with van der Waals surface area (Å²) in [5.41, 5.74) is 6.95. The number of benzene rings is 1. The molecular weight excluding hydrogens is 236 g/mol. The molecule has 2 rings (SSSR count). The van der Waals surface area contributed by atoms with Gasteiger partial charge in [-0.2, -0.15) is 0 Å². The molecule has 1 aliphatic rings. The van der Waals surface area contributed by atoms with E-state index in [0.717, 1.165) is 18.3 Å². The molecule has 1 atom stereocenters. The van der Waals surface area contributed by atoms with Crippen molar-refractivity contribution in [3.63, 3.8) is 0 Å². The molecular formula is C16H26N2O. The van der Waals surface area contributed by atoms with Crippen LogP contribution in [0, 0.1) is 5.92 Å². The lowest BCUT2D eigenvalue weighted by molar-refractivity contribution is 0.208. The Balaban J connectivity index is 1.90. The molecule has 19 heavy (non-hydrogen) atoms. The molecule has 0 spiro atoms. The zero-order valence-electron chi connectivity index (χ0n) is 11.9. The minimum absolute atomic E-state index is 0.207. The van der Waals surface area contributed by atoms with Crippen LogP contribution in [0.1, 0.15) is 43.7 Å². The second-order valence-electron chi connectivity index (χ2n) is 5.46. The molecule has 3 N–H and O–H groups in total. The number of rotatable bonds is 6. The quantitative estimate of drug-likeness (QED) is 0.828. The maximum atomic E-state index is 5.96. The molecule has 106 valence electrons. The fourth-order valence-corrected chi connectivity index (χ4v) is 2.81. The molecule has 3 heteroatoms. The van der Waals surface area contributed by atoms with Crippen molar-refractivity contribution in [2.24, 2.45) is 11.7 Å². The Morgan fingerprint density at radius 3 is 2.79 bits per heavy atom. The maximum Gasteiger partial charge on any atom is 0.119 e. The highest BCUT2D eigenvalue weighted by Gasteiger charge is 2.14. The van der Waals surface area contributed by atoms with Crippen molar-refractivity contribution in [3.8, 4) is 5.75 Å². The third-order valence-corrected chi connectivity index (χ3v) is 4.06. The van der Waals surface area contributed by atoms with Crippen molar-refractivity contribution in [1.82, 2.24) is 5.32 Å². The van der Waals surface area contributed by atoms with Gasteiger partial charge in [-0.25, -0.2) is 0 Å². The fourth-order valence-electron chi connectivity index (χ4n) is 2.81. The van der Waals surface area contributed by atoms with Gasteiger partial charge in [0.15, 0.2) is 0 Å². The minimum atomic E-state index is 0.207. The van der Waals surface area contributed by atoms with Gasteiger partial charge in [-0.3, -0.25) is 0 Å². The summed E-state index contributed by atoms with van der Waals surface area (Å²) < 4.78 is 5.96. The van der Waals surface area contributed by atoms with Gasteiger partial charge in [0, 0.05) is 12.6 Å². The molecule has 1 aromatic carbocycles. The van der Waals surface area contributed by atoms with E-state index < -0.39 is 0 Å². The summed E-state index contributed by atoms with van der Waals surface area (Å²) in [4.78, 5) is 0. The lowest BCUT2D eigenvalue weighted by Gasteiger charge is -2.22. The van der Waals surface area contributed by atoms with Crippen molar-refractivity contribution in [3.05, 3.63) is 29.8 Å². The second kappa shape index (κ2) is 7.51. The van der Waals surface area contributed by atoms with Crippen LogP contribution in [0.5, 0.6) is 5.75 Å². The topological polar surface area (TPSA) is 47.3 Å². The van der Waals surface area contributed by atoms with Gasteiger partial charge in [-0.05, 0) is 43.5 Å². The highest BCUT2D eigenvalue weighted by atomic mass is 16.5. The van der Waals surface area contributed by atoms with Crippen molar-refractivity contribution in [1.29, 1.82) is 0 Å². The molecule has 0 aromatic heterocycles. The van der Waals surface area contributed by atoms with Crippen LogP contribution in [0.2, 0.25) is 0 Å². The first-order valence-corrected chi connectivity index (χ1v) is 7.43. The predicted molar refractivity (Wildman–Crippen MR) is 79.4 cm³/mol. The van der Waals surface area contributed by atoms with Crippen LogP contribution < -0.4 is 15.8 Å². The number of likely N-dealkylation sites (N-methyl/N-ethyl adjacent to an activating group) is 1. The molecule has 0 radical (unpaired) electrons. The third-order valence-electron chi connectivity index (χ3n) is 4.06. The molecule has 0 saturated heterocycles. The lowest BCUT2D eigenvalue weighted by atomic mass is 9.90. The summed E-state index contributed by atoms with van der Waals surface area (Å²) in [5, 5.41) is 3.22. The van der Waals surface area contributed by atoms with Gasteiger partial charge < -0.3 is 15.8 Å². The Kier molecular flexibility index (Phi) is 5.67. The predicted octanol–water partition coefficient (Wildman–Crippen LogP) is 2.86. The molecule has 1 unspecified atom stereocenters. The van der Waals surface area contributed by atoms with Crippen LogP contribution in [0.15, 0.2) is 24.3 Å². The Hall–Kier alpha value is -1.06. The van der Waals surface area contributed by atoms with Crippen molar-refractivity contribution >= 4 is 0 Å². The molecule has 3 nitrogen and oxygen atoms in total. The molecule has 1 fully saturated rings. The first-order valence-electron chi connectivity index (χ1n) is 7.43. The van der Waals surface area contributed by atoms with E-state index in [2.05, 4.69) is 17.4 Å². The third kappa shape index (κ3) is 4.22.